The van der Waals surface area contributed by atoms with E-state index >= 15 is 0 Å². The van der Waals surface area contributed by atoms with Gasteiger partial charge >= 0.3 is 12.2 Å². The fourth-order valence-corrected chi connectivity index (χ4v) is 5.20. The largest absolute Gasteiger partial charge is 0.444 e. The lowest BCUT2D eigenvalue weighted by atomic mass is 9.94. The molecule has 2 saturated heterocycles. The minimum atomic E-state index is -0.422. The summed E-state index contributed by atoms with van der Waals surface area (Å²) in [6.45, 7) is 16.3. The van der Waals surface area contributed by atoms with Gasteiger partial charge in [0, 0.05) is 39.4 Å². The number of likely N-dealkylation sites (tertiary alicyclic amines) is 2. The third-order valence-electron chi connectivity index (χ3n) is 7.12. The van der Waals surface area contributed by atoms with Crippen LogP contribution >= 0.6 is 0 Å². The number of aliphatic hydroxyl groups is 1. The summed E-state index contributed by atoms with van der Waals surface area (Å²) in [5.74, 6) is 1.08. The number of hydrogen-bond acceptors (Lipinski definition) is 6. The topological polar surface area (TPSA) is 88.5 Å². The highest BCUT2D eigenvalue weighted by atomic mass is 16.6. The van der Waals surface area contributed by atoms with Crippen LogP contribution in [0.4, 0.5) is 9.59 Å². The molecule has 1 aromatic rings. The Morgan fingerprint density at radius 1 is 0.805 bits per heavy atom. The van der Waals surface area contributed by atoms with Crippen molar-refractivity contribution < 1.29 is 28.9 Å². The first-order valence-electron chi connectivity index (χ1n) is 15.5. The molecule has 0 bridgehead atoms. The Labute approximate surface area is 248 Å². The molecule has 2 aliphatic heterocycles. The number of carbonyl (C=O) groups is 2. The quantitative estimate of drug-likeness (QED) is 0.317. The van der Waals surface area contributed by atoms with E-state index in [1.165, 1.54) is 12.0 Å². The normalized spacial score (nSPS) is 19.7. The van der Waals surface area contributed by atoms with E-state index in [2.05, 4.69) is 12.1 Å². The molecule has 2 fully saturated rings. The standard InChI is InChI=1S/C20H31NO3.C13H25NO3/c1-20(2,3)24-19(22)21-13-7-11-17(15-21)12-8-14-23-16-18-9-5-4-6-10-18;1-13(2,3)17-12(16)14-8-4-6-11(10-14)7-5-9-15/h4-6,9-10,17H,7-8,11-16H2,1-3H3;11,15H,4-10H2,1-3H3. The molecule has 2 amide bonds. The van der Waals surface area contributed by atoms with Crippen molar-refractivity contribution in [3.63, 3.8) is 0 Å². The summed E-state index contributed by atoms with van der Waals surface area (Å²) in [6.07, 6.45) is 8.04. The zero-order valence-corrected chi connectivity index (χ0v) is 26.5. The molecule has 3 rings (SSSR count). The van der Waals surface area contributed by atoms with Crippen molar-refractivity contribution in [2.45, 2.75) is 111 Å². The summed E-state index contributed by atoms with van der Waals surface area (Å²) in [5.41, 5.74) is 0.371. The smallest absolute Gasteiger partial charge is 0.410 e. The van der Waals surface area contributed by atoms with Crippen molar-refractivity contribution in [3.05, 3.63) is 35.9 Å². The Balaban J connectivity index is 0.000000305. The van der Waals surface area contributed by atoms with Crippen LogP contribution < -0.4 is 0 Å². The van der Waals surface area contributed by atoms with Gasteiger partial charge in [-0.2, -0.15) is 0 Å². The highest BCUT2D eigenvalue weighted by molar-refractivity contribution is 5.68. The zero-order valence-electron chi connectivity index (χ0n) is 26.5. The fourth-order valence-electron chi connectivity index (χ4n) is 5.20. The van der Waals surface area contributed by atoms with Crippen molar-refractivity contribution in [3.8, 4) is 0 Å². The van der Waals surface area contributed by atoms with Crippen LogP contribution in [0.3, 0.4) is 0 Å². The Kier molecular flexibility index (Phi) is 15.0. The summed E-state index contributed by atoms with van der Waals surface area (Å²) in [4.78, 5) is 27.7. The highest BCUT2D eigenvalue weighted by Crippen LogP contribution is 2.24. The van der Waals surface area contributed by atoms with E-state index in [9.17, 15) is 9.59 Å². The summed E-state index contributed by atoms with van der Waals surface area (Å²) < 4.78 is 16.6. The first kappa shape index (κ1) is 34.9. The summed E-state index contributed by atoms with van der Waals surface area (Å²) >= 11 is 0. The lowest BCUT2D eigenvalue weighted by Gasteiger charge is -2.34. The van der Waals surface area contributed by atoms with Crippen molar-refractivity contribution >= 4 is 12.2 Å². The third-order valence-corrected chi connectivity index (χ3v) is 7.12. The van der Waals surface area contributed by atoms with Gasteiger partial charge in [-0.3, -0.25) is 0 Å². The zero-order chi connectivity index (χ0) is 30.3. The summed E-state index contributed by atoms with van der Waals surface area (Å²) in [6, 6.07) is 10.3. The molecule has 8 heteroatoms. The minimum Gasteiger partial charge on any atom is -0.444 e. The second-order valence-electron chi connectivity index (χ2n) is 13.4. The number of benzene rings is 1. The molecule has 8 nitrogen and oxygen atoms in total. The maximum absolute atomic E-state index is 12.2. The predicted molar refractivity (Wildman–Crippen MR) is 163 cm³/mol. The van der Waals surface area contributed by atoms with E-state index in [1.807, 2.05) is 64.6 Å². The minimum absolute atomic E-state index is 0.174. The number of nitrogens with zero attached hydrogens (tertiary/aromatic N) is 2. The van der Waals surface area contributed by atoms with Crippen LogP contribution in [0, 0.1) is 11.8 Å². The number of amides is 2. The maximum Gasteiger partial charge on any atom is 0.410 e. The third kappa shape index (κ3) is 15.5. The van der Waals surface area contributed by atoms with Crippen LogP contribution in [0.5, 0.6) is 0 Å². The van der Waals surface area contributed by atoms with Gasteiger partial charge in [-0.25, -0.2) is 9.59 Å². The molecule has 0 radical (unpaired) electrons. The number of aliphatic hydroxyl groups excluding tert-OH is 1. The predicted octanol–water partition coefficient (Wildman–Crippen LogP) is 7.04. The molecule has 234 valence electrons. The van der Waals surface area contributed by atoms with Crippen molar-refractivity contribution in [1.82, 2.24) is 9.80 Å². The van der Waals surface area contributed by atoms with Crippen molar-refractivity contribution in [2.75, 3.05) is 39.4 Å². The molecule has 0 spiro atoms. The Bertz CT molecular complexity index is 880. The molecule has 1 N–H and O–H groups in total. The molecule has 41 heavy (non-hydrogen) atoms. The molecule has 2 atom stereocenters. The lowest BCUT2D eigenvalue weighted by molar-refractivity contribution is 0.0147. The van der Waals surface area contributed by atoms with Gasteiger partial charge in [0.25, 0.3) is 0 Å². The molecule has 2 aliphatic rings. The van der Waals surface area contributed by atoms with Gasteiger partial charge < -0.3 is 29.1 Å². The van der Waals surface area contributed by atoms with Crippen molar-refractivity contribution in [2.24, 2.45) is 11.8 Å². The molecular weight excluding hydrogens is 520 g/mol. The van der Waals surface area contributed by atoms with Gasteiger partial charge in [0.2, 0.25) is 0 Å². The Morgan fingerprint density at radius 2 is 1.29 bits per heavy atom. The van der Waals surface area contributed by atoms with Gasteiger partial charge in [-0.1, -0.05) is 30.3 Å². The Hall–Kier alpha value is -2.32. The first-order chi connectivity index (χ1) is 19.4. The van der Waals surface area contributed by atoms with E-state index in [0.717, 1.165) is 77.7 Å². The average Bonchev–Trinajstić information content (AvgIpc) is 2.91. The maximum atomic E-state index is 12.2. The molecule has 0 aliphatic carbocycles. The molecule has 0 aromatic heterocycles. The number of piperidine rings is 2. The molecule has 2 unspecified atom stereocenters. The first-order valence-corrected chi connectivity index (χ1v) is 15.5. The van der Waals surface area contributed by atoms with E-state index in [-0.39, 0.29) is 18.8 Å². The fraction of sp³-hybridized carbons (Fsp3) is 0.758. The molecule has 0 saturated carbocycles. The number of ether oxygens (including phenoxy) is 3. The van der Waals surface area contributed by atoms with Crippen LogP contribution in [0.25, 0.3) is 0 Å². The highest BCUT2D eigenvalue weighted by Gasteiger charge is 2.28. The van der Waals surface area contributed by atoms with Crippen LogP contribution in [-0.2, 0) is 20.8 Å². The van der Waals surface area contributed by atoms with Gasteiger partial charge in [0.1, 0.15) is 11.2 Å². The summed E-state index contributed by atoms with van der Waals surface area (Å²) in [7, 11) is 0. The van der Waals surface area contributed by atoms with Gasteiger partial charge in [0.05, 0.1) is 6.61 Å². The van der Waals surface area contributed by atoms with E-state index in [0.29, 0.717) is 18.4 Å². The second kappa shape index (κ2) is 17.6. The Morgan fingerprint density at radius 3 is 1.76 bits per heavy atom. The number of hydrogen-bond donors (Lipinski definition) is 1. The average molecular weight is 577 g/mol. The van der Waals surface area contributed by atoms with E-state index < -0.39 is 11.2 Å². The van der Waals surface area contributed by atoms with Crippen LogP contribution in [0.2, 0.25) is 0 Å². The number of rotatable bonds is 9. The van der Waals surface area contributed by atoms with E-state index in [4.69, 9.17) is 19.3 Å². The van der Waals surface area contributed by atoms with Gasteiger partial charge in [-0.05, 0) is 110 Å². The monoisotopic (exact) mass is 576 g/mol. The van der Waals surface area contributed by atoms with Gasteiger partial charge in [-0.15, -0.1) is 0 Å². The molecular formula is C33H56N2O6. The molecule has 1 aromatic carbocycles. The van der Waals surface area contributed by atoms with Crippen LogP contribution in [0.15, 0.2) is 30.3 Å². The molecule has 2 heterocycles. The van der Waals surface area contributed by atoms with E-state index in [1.54, 1.807) is 4.90 Å². The lowest BCUT2D eigenvalue weighted by Crippen LogP contribution is -2.42. The van der Waals surface area contributed by atoms with Crippen LogP contribution in [0.1, 0.15) is 98.5 Å². The SMILES string of the molecule is CC(C)(C)OC(=O)N1CCCC(CCCO)C1.CC(C)(C)OC(=O)N1CCCC(CCCOCc2ccccc2)C1. The van der Waals surface area contributed by atoms with Crippen LogP contribution in [-0.4, -0.2) is 77.7 Å². The van der Waals surface area contributed by atoms with Crippen molar-refractivity contribution in [1.29, 1.82) is 0 Å². The second-order valence-corrected chi connectivity index (χ2v) is 13.4. The number of carbonyl (C=O) groups excluding carboxylic acids is 2. The summed E-state index contributed by atoms with van der Waals surface area (Å²) in [5, 5.41) is 8.82. The van der Waals surface area contributed by atoms with Gasteiger partial charge in [0.15, 0.2) is 0 Å².